The van der Waals surface area contributed by atoms with E-state index in [1.54, 1.807) is 4.90 Å². The van der Waals surface area contributed by atoms with E-state index < -0.39 is 11.4 Å². The van der Waals surface area contributed by atoms with Crippen LogP contribution in [0.3, 0.4) is 0 Å². The first-order chi connectivity index (χ1) is 16.0. The second-order valence-corrected chi connectivity index (χ2v) is 9.77. The van der Waals surface area contributed by atoms with Gasteiger partial charge in [-0.15, -0.1) is 0 Å². The molecule has 3 aromatic rings. The van der Waals surface area contributed by atoms with Gasteiger partial charge in [0.2, 0.25) is 0 Å². The number of amides is 1. The van der Waals surface area contributed by atoms with Gasteiger partial charge in [-0.25, -0.2) is 4.79 Å². The van der Waals surface area contributed by atoms with Crippen LogP contribution in [0.5, 0.6) is 0 Å². The van der Waals surface area contributed by atoms with Crippen molar-refractivity contribution in [1.82, 2.24) is 4.90 Å². The van der Waals surface area contributed by atoms with E-state index in [9.17, 15) is 14.7 Å². The summed E-state index contributed by atoms with van der Waals surface area (Å²) < 4.78 is 5.76. The summed E-state index contributed by atoms with van der Waals surface area (Å²) in [6, 6.07) is 26.0. The third-order valence-electron chi connectivity index (χ3n) is 7.74. The van der Waals surface area contributed by atoms with Crippen molar-refractivity contribution in [1.29, 1.82) is 0 Å². The van der Waals surface area contributed by atoms with Crippen molar-refractivity contribution < 1.29 is 19.4 Å². The lowest BCUT2D eigenvalue weighted by Gasteiger charge is -2.62. The summed E-state index contributed by atoms with van der Waals surface area (Å²) in [7, 11) is 0. The van der Waals surface area contributed by atoms with Gasteiger partial charge >= 0.3 is 12.1 Å². The topological polar surface area (TPSA) is 66.8 Å². The normalized spacial score (nSPS) is 19.2. The van der Waals surface area contributed by atoms with Crippen molar-refractivity contribution >= 4 is 12.1 Å². The Hall–Kier alpha value is -3.60. The molecule has 1 N–H and O–H groups in total. The number of ether oxygens (including phenoxy) is 1. The molecule has 5 nitrogen and oxygen atoms in total. The summed E-state index contributed by atoms with van der Waals surface area (Å²) in [5, 5.41) is 9.92. The number of likely N-dealkylation sites (tertiary alicyclic amines) is 1. The molecule has 1 saturated carbocycles. The largest absolute Gasteiger partial charge is 0.481 e. The maximum absolute atomic E-state index is 12.8. The minimum absolute atomic E-state index is 0.0398. The molecule has 166 valence electrons. The number of fused-ring (bicyclic) bond motifs is 3. The molecule has 1 spiro atoms. The van der Waals surface area contributed by atoms with Gasteiger partial charge in [-0.3, -0.25) is 4.79 Å². The number of rotatable bonds is 4. The standard InChI is InChI=1S/C28H25NO4/c30-25(31)28(19-8-2-1-3-9-19)15-27(16-28)17-29(18-27)26(32)33-14-24-22-12-6-4-10-20(22)21-11-5-7-13-23(21)24/h1-13,24H,14-18H2,(H,30,31). The molecule has 1 aliphatic heterocycles. The molecule has 0 aromatic heterocycles. The molecule has 6 rings (SSSR count). The molecule has 3 aromatic carbocycles. The lowest BCUT2D eigenvalue weighted by Crippen LogP contribution is -2.69. The van der Waals surface area contributed by atoms with Gasteiger partial charge in [0, 0.05) is 24.4 Å². The molecule has 2 fully saturated rings. The van der Waals surface area contributed by atoms with Gasteiger partial charge in [0.05, 0.1) is 5.41 Å². The van der Waals surface area contributed by atoms with Crippen molar-refractivity contribution in [3.63, 3.8) is 0 Å². The average Bonchev–Trinajstić information content (AvgIpc) is 3.10. The van der Waals surface area contributed by atoms with E-state index >= 15 is 0 Å². The molecule has 1 heterocycles. The maximum Gasteiger partial charge on any atom is 0.409 e. The molecule has 0 bridgehead atoms. The number of nitrogens with zero attached hydrogens (tertiary/aromatic N) is 1. The van der Waals surface area contributed by atoms with Crippen molar-refractivity contribution in [2.75, 3.05) is 19.7 Å². The van der Waals surface area contributed by atoms with Gasteiger partial charge in [-0.1, -0.05) is 78.9 Å². The summed E-state index contributed by atoms with van der Waals surface area (Å²) >= 11 is 0. The summed E-state index contributed by atoms with van der Waals surface area (Å²) in [4.78, 5) is 26.6. The Morgan fingerprint density at radius 1 is 0.848 bits per heavy atom. The van der Waals surface area contributed by atoms with E-state index in [1.165, 1.54) is 22.3 Å². The summed E-state index contributed by atoms with van der Waals surface area (Å²) in [6.45, 7) is 1.43. The van der Waals surface area contributed by atoms with Crippen molar-refractivity contribution in [2.24, 2.45) is 5.41 Å². The van der Waals surface area contributed by atoms with Crippen LogP contribution in [-0.4, -0.2) is 41.8 Å². The Bertz CT molecular complexity index is 1190. The van der Waals surface area contributed by atoms with E-state index in [-0.39, 0.29) is 17.4 Å². The Morgan fingerprint density at radius 3 is 1.97 bits per heavy atom. The lowest BCUT2D eigenvalue weighted by molar-refractivity contribution is -0.165. The van der Waals surface area contributed by atoms with E-state index in [2.05, 4.69) is 24.3 Å². The summed E-state index contributed by atoms with van der Waals surface area (Å²) in [5.74, 6) is -0.739. The molecule has 1 saturated heterocycles. The van der Waals surface area contributed by atoms with Crippen LogP contribution in [0, 0.1) is 5.41 Å². The third-order valence-corrected chi connectivity index (χ3v) is 7.74. The molecule has 33 heavy (non-hydrogen) atoms. The van der Waals surface area contributed by atoms with E-state index in [0.717, 1.165) is 5.56 Å². The second kappa shape index (κ2) is 7.20. The predicted octanol–water partition coefficient (Wildman–Crippen LogP) is 5.05. The number of carbonyl (C=O) groups excluding carboxylic acids is 1. The van der Waals surface area contributed by atoms with Gasteiger partial charge in [0.25, 0.3) is 0 Å². The van der Waals surface area contributed by atoms with Crippen LogP contribution in [0.25, 0.3) is 11.1 Å². The first-order valence-corrected chi connectivity index (χ1v) is 11.4. The number of hydrogen-bond donors (Lipinski definition) is 1. The minimum Gasteiger partial charge on any atom is -0.481 e. The van der Waals surface area contributed by atoms with Gasteiger partial charge in [-0.2, -0.15) is 0 Å². The highest BCUT2D eigenvalue weighted by molar-refractivity contribution is 5.84. The number of benzene rings is 3. The molecule has 0 unspecified atom stereocenters. The van der Waals surface area contributed by atoms with Crippen LogP contribution in [-0.2, 0) is 14.9 Å². The molecule has 1 amide bonds. The summed E-state index contributed by atoms with van der Waals surface area (Å²) in [5.41, 5.74) is 4.70. The second-order valence-electron chi connectivity index (χ2n) is 9.77. The Morgan fingerprint density at radius 2 is 1.39 bits per heavy atom. The summed E-state index contributed by atoms with van der Waals surface area (Å²) in [6.07, 6.45) is 0.814. The quantitative estimate of drug-likeness (QED) is 0.618. The molecular formula is C28H25NO4. The Balaban J connectivity index is 1.10. The average molecular weight is 440 g/mol. The number of carboxylic acid groups (broad SMARTS) is 1. The zero-order chi connectivity index (χ0) is 22.6. The van der Waals surface area contributed by atoms with Crippen LogP contribution in [0.1, 0.15) is 35.4 Å². The van der Waals surface area contributed by atoms with Gasteiger partial charge in [0.15, 0.2) is 0 Å². The fourth-order valence-corrected chi connectivity index (χ4v) is 6.27. The zero-order valence-corrected chi connectivity index (χ0v) is 18.2. The molecule has 3 aliphatic rings. The number of carboxylic acids is 1. The van der Waals surface area contributed by atoms with E-state index in [1.807, 2.05) is 54.6 Å². The number of aliphatic carboxylic acids is 1. The van der Waals surface area contributed by atoms with Crippen LogP contribution in [0.2, 0.25) is 0 Å². The zero-order valence-electron chi connectivity index (χ0n) is 18.2. The highest BCUT2D eigenvalue weighted by Crippen LogP contribution is 2.60. The smallest absolute Gasteiger partial charge is 0.409 e. The molecule has 2 aliphatic carbocycles. The third kappa shape index (κ3) is 2.99. The molecule has 0 atom stereocenters. The molecule has 5 heteroatoms. The van der Waals surface area contributed by atoms with Crippen LogP contribution in [0.4, 0.5) is 4.79 Å². The van der Waals surface area contributed by atoms with Crippen LogP contribution >= 0.6 is 0 Å². The number of carbonyl (C=O) groups is 2. The Kier molecular flexibility index (Phi) is 4.37. The molecular weight excluding hydrogens is 414 g/mol. The van der Waals surface area contributed by atoms with Gasteiger partial charge < -0.3 is 14.7 Å². The van der Waals surface area contributed by atoms with Crippen molar-refractivity contribution in [3.05, 3.63) is 95.6 Å². The number of hydrogen-bond acceptors (Lipinski definition) is 3. The highest BCUT2D eigenvalue weighted by atomic mass is 16.6. The SMILES string of the molecule is O=C(OCC1c2ccccc2-c2ccccc21)N1CC2(C1)CC(C(=O)O)(c1ccccc1)C2. The lowest BCUT2D eigenvalue weighted by atomic mass is 9.47. The monoisotopic (exact) mass is 439 g/mol. The first-order valence-electron chi connectivity index (χ1n) is 11.4. The van der Waals surface area contributed by atoms with Gasteiger partial charge in [0.1, 0.15) is 6.61 Å². The van der Waals surface area contributed by atoms with Crippen molar-refractivity contribution in [2.45, 2.75) is 24.2 Å². The van der Waals surface area contributed by atoms with Crippen LogP contribution < -0.4 is 0 Å². The van der Waals surface area contributed by atoms with Crippen molar-refractivity contribution in [3.8, 4) is 11.1 Å². The fraction of sp³-hybridized carbons (Fsp3) is 0.286. The first kappa shape index (κ1) is 20.0. The van der Waals surface area contributed by atoms with E-state index in [4.69, 9.17) is 4.74 Å². The highest BCUT2D eigenvalue weighted by Gasteiger charge is 2.65. The molecule has 0 radical (unpaired) electrons. The van der Waals surface area contributed by atoms with Gasteiger partial charge in [-0.05, 0) is 40.7 Å². The van der Waals surface area contributed by atoms with Crippen LogP contribution in [0.15, 0.2) is 78.9 Å². The predicted molar refractivity (Wildman–Crippen MR) is 124 cm³/mol. The van der Waals surface area contributed by atoms with E-state index in [0.29, 0.717) is 32.5 Å². The maximum atomic E-state index is 12.8. The minimum atomic E-state index is -0.839. The fourth-order valence-electron chi connectivity index (χ4n) is 6.27. The Labute approximate surface area is 192 Å².